The summed E-state index contributed by atoms with van der Waals surface area (Å²) in [6.45, 7) is 0. The van der Waals surface area contributed by atoms with Crippen LogP contribution in [0.2, 0.25) is 0 Å². The fourth-order valence-electron chi connectivity index (χ4n) is 2.89. The first-order valence-electron chi connectivity index (χ1n) is 8.35. The van der Waals surface area contributed by atoms with E-state index in [0.717, 1.165) is 22.3 Å². The first kappa shape index (κ1) is 18.1. The fraction of sp³-hybridized carbons (Fsp3) is 0.0476. The molecular formula is C21H17NO2S3. The van der Waals surface area contributed by atoms with E-state index in [1.54, 1.807) is 34.8 Å². The maximum atomic E-state index is 13.0. The zero-order valence-corrected chi connectivity index (χ0v) is 16.7. The molecule has 3 nitrogen and oxygen atoms in total. The number of benzene rings is 2. The van der Waals surface area contributed by atoms with Gasteiger partial charge < -0.3 is 0 Å². The van der Waals surface area contributed by atoms with Crippen molar-refractivity contribution >= 4 is 32.7 Å². The van der Waals surface area contributed by atoms with Gasteiger partial charge in [0, 0.05) is 0 Å². The summed E-state index contributed by atoms with van der Waals surface area (Å²) in [6, 6.07) is 20.4. The van der Waals surface area contributed by atoms with E-state index in [9.17, 15) is 8.42 Å². The van der Waals surface area contributed by atoms with Gasteiger partial charge in [-0.15, -0.1) is 0 Å². The normalized spacial score (nSPS) is 11.7. The van der Waals surface area contributed by atoms with Crippen LogP contribution in [-0.4, -0.2) is 8.42 Å². The lowest BCUT2D eigenvalue weighted by atomic mass is 10.1. The molecule has 0 aliphatic heterocycles. The molecule has 0 aliphatic rings. The highest BCUT2D eigenvalue weighted by Crippen LogP contribution is 2.28. The van der Waals surface area contributed by atoms with Gasteiger partial charge in [-0.2, -0.15) is 27.4 Å². The van der Waals surface area contributed by atoms with E-state index in [0.29, 0.717) is 0 Å². The minimum Gasteiger partial charge on any atom is -0.207 e. The van der Waals surface area contributed by atoms with E-state index in [4.69, 9.17) is 0 Å². The van der Waals surface area contributed by atoms with E-state index < -0.39 is 10.0 Å². The Labute approximate surface area is 167 Å². The maximum Gasteiger partial charge on any atom is 0.241 e. The second kappa shape index (κ2) is 7.78. The highest BCUT2D eigenvalue weighted by Gasteiger charge is 2.23. The number of sulfonamides is 1. The topological polar surface area (TPSA) is 46.2 Å². The zero-order valence-electron chi connectivity index (χ0n) is 14.3. The molecule has 0 spiro atoms. The Balaban J connectivity index is 1.62. The van der Waals surface area contributed by atoms with Crippen LogP contribution < -0.4 is 4.72 Å². The van der Waals surface area contributed by atoms with Crippen LogP contribution in [0.3, 0.4) is 0 Å². The average molecular weight is 412 g/mol. The van der Waals surface area contributed by atoms with Crippen molar-refractivity contribution in [2.75, 3.05) is 0 Å². The third-order valence-electron chi connectivity index (χ3n) is 4.30. The molecule has 4 aromatic rings. The average Bonchev–Trinajstić information content (AvgIpc) is 3.41. The molecule has 27 heavy (non-hydrogen) atoms. The van der Waals surface area contributed by atoms with Crippen molar-refractivity contribution in [3.63, 3.8) is 0 Å². The summed E-state index contributed by atoms with van der Waals surface area (Å²) in [5, 5.41) is 7.86. The fourth-order valence-corrected chi connectivity index (χ4v) is 5.47. The van der Waals surface area contributed by atoms with Crippen molar-refractivity contribution in [3.8, 4) is 11.1 Å². The van der Waals surface area contributed by atoms with E-state index in [2.05, 4.69) is 4.72 Å². The van der Waals surface area contributed by atoms with E-state index in [1.807, 2.05) is 76.1 Å². The Hall–Kier alpha value is -2.25. The predicted octanol–water partition coefficient (Wildman–Crippen LogP) is 5.54. The quantitative estimate of drug-likeness (QED) is 0.452. The van der Waals surface area contributed by atoms with Crippen molar-refractivity contribution in [2.24, 2.45) is 0 Å². The van der Waals surface area contributed by atoms with E-state index >= 15 is 0 Å². The van der Waals surface area contributed by atoms with Crippen molar-refractivity contribution in [1.29, 1.82) is 0 Å². The van der Waals surface area contributed by atoms with Crippen LogP contribution in [0, 0.1) is 0 Å². The van der Waals surface area contributed by atoms with Gasteiger partial charge in [0.2, 0.25) is 10.0 Å². The summed E-state index contributed by atoms with van der Waals surface area (Å²) in [5.74, 6) is 0. The SMILES string of the molecule is O=S(=O)(NC(c1ccsc1)c1ccsc1)c1ccc(-c2ccccc2)cc1. The van der Waals surface area contributed by atoms with Crippen LogP contribution in [0.4, 0.5) is 0 Å². The van der Waals surface area contributed by atoms with Crippen LogP contribution in [0.15, 0.2) is 93.1 Å². The lowest BCUT2D eigenvalue weighted by molar-refractivity contribution is 0.572. The van der Waals surface area contributed by atoms with Gasteiger partial charge >= 0.3 is 0 Å². The van der Waals surface area contributed by atoms with Gasteiger partial charge in [0.25, 0.3) is 0 Å². The van der Waals surface area contributed by atoms with E-state index in [-0.39, 0.29) is 10.9 Å². The van der Waals surface area contributed by atoms with Crippen LogP contribution in [0.5, 0.6) is 0 Å². The molecule has 0 amide bonds. The molecule has 136 valence electrons. The molecule has 0 unspecified atom stereocenters. The number of hydrogen-bond donors (Lipinski definition) is 1. The van der Waals surface area contributed by atoms with E-state index in [1.165, 1.54) is 0 Å². The largest absolute Gasteiger partial charge is 0.241 e. The molecule has 0 saturated carbocycles. The van der Waals surface area contributed by atoms with Gasteiger partial charge in [-0.1, -0.05) is 42.5 Å². The zero-order chi connectivity index (χ0) is 18.7. The Bertz CT molecular complexity index is 1050. The summed E-state index contributed by atoms with van der Waals surface area (Å²) in [7, 11) is -3.65. The molecule has 2 heterocycles. The number of nitrogens with one attached hydrogen (secondary N) is 1. The van der Waals surface area contributed by atoms with Crippen LogP contribution in [0.25, 0.3) is 11.1 Å². The second-order valence-corrected chi connectivity index (χ2v) is 9.33. The minimum absolute atomic E-state index is 0.262. The highest BCUT2D eigenvalue weighted by atomic mass is 32.2. The Morgan fingerprint density at radius 3 is 1.78 bits per heavy atom. The molecule has 0 bridgehead atoms. The molecule has 4 rings (SSSR count). The third-order valence-corrected chi connectivity index (χ3v) is 7.14. The molecule has 0 atom stereocenters. The van der Waals surface area contributed by atoms with Crippen molar-refractivity contribution in [2.45, 2.75) is 10.9 Å². The third kappa shape index (κ3) is 4.04. The summed E-state index contributed by atoms with van der Waals surface area (Å²) >= 11 is 3.11. The molecule has 2 aromatic carbocycles. The first-order chi connectivity index (χ1) is 13.1. The monoisotopic (exact) mass is 411 g/mol. The second-order valence-electron chi connectivity index (χ2n) is 6.06. The van der Waals surface area contributed by atoms with Crippen LogP contribution in [0.1, 0.15) is 17.2 Å². The standard InChI is InChI=1S/C21H17NO2S3/c23-27(24,20-8-6-17(7-9-20)16-4-2-1-3-5-16)22-21(18-10-12-25-14-18)19-11-13-26-15-19/h1-15,21-22H. The molecule has 0 radical (unpaired) electrons. The Morgan fingerprint density at radius 2 is 1.26 bits per heavy atom. The van der Waals surface area contributed by atoms with Gasteiger partial charge in [0.15, 0.2) is 0 Å². The van der Waals surface area contributed by atoms with Gasteiger partial charge in [0.05, 0.1) is 10.9 Å². The van der Waals surface area contributed by atoms with Crippen LogP contribution >= 0.6 is 22.7 Å². The molecule has 1 N–H and O–H groups in total. The Kier molecular flexibility index (Phi) is 5.22. The molecule has 2 aromatic heterocycles. The first-order valence-corrected chi connectivity index (χ1v) is 11.7. The summed E-state index contributed by atoms with van der Waals surface area (Å²) in [5.41, 5.74) is 3.94. The minimum atomic E-state index is -3.65. The summed E-state index contributed by atoms with van der Waals surface area (Å²) in [4.78, 5) is 0.262. The van der Waals surface area contributed by atoms with Crippen molar-refractivity contribution in [1.82, 2.24) is 4.72 Å². The highest BCUT2D eigenvalue weighted by molar-refractivity contribution is 7.89. The van der Waals surface area contributed by atoms with Gasteiger partial charge in [0.1, 0.15) is 0 Å². The lowest BCUT2D eigenvalue weighted by Gasteiger charge is -2.17. The number of rotatable bonds is 6. The number of thiophene rings is 2. The van der Waals surface area contributed by atoms with Crippen molar-refractivity contribution < 1.29 is 8.42 Å². The van der Waals surface area contributed by atoms with Gasteiger partial charge in [-0.05, 0) is 68.0 Å². The van der Waals surface area contributed by atoms with Gasteiger partial charge in [-0.3, -0.25) is 0 Å². The molecule has 0 fully saturated rings. The smallest absolute Gasteiger partial charge is 0.207 e. The Morgan fingerprint density at radius 1 is 0.704 bits per heavy atom. The predicted molar refractivity (Wildman–Crippen MR) is 113 cm³/mol. The maximum absolute atomic E-state index is 13.0. The molecule has 0 saturated heterocycles. The van der Waals surface area contributed by atoms with Gasteiger partial charge in [-0.25, -0.2) is 8.42 Å². The summed E-state index contributed by atoms with van der Waals surface area (Å²) < 4.78 is 28.8. The van der Waals surface area contributed by atoms with Crippen molar-refractivity contribution in [3.05, 3.63) is 99.4 Å². The molecule has 0 aliphatic carbocycles. The molecular weight excluding hydrogens is 394 g/mol. The molecule has 6 heteroatoms. The lowest BCUT2D eigenvalue weighted by Crippen LogP contribution is -2.29. The number of hydrogen-bond acceptors (Lipinski definition) is 4. The summed E-state index contributed by atoms with van der Waals surface area (Å²) in [6.07, 6.45) is 0. The van der Waals surface area contributed by atoms with Crippen LogP contribution in [-0.2, 0) is 10.0 Å².